The van der Waals surface area contributed by atoms with Crippen molar-refractivity contribution >= 4 is 0 Å². The van der Waals surface area contributed by atoms with Crippen molar-refractivity contribution in [2.45, 2.75) is 51.5 Å². The molecule has 20 heavy (non-hydrogen) atoms. The van der Waals surface area contributed by atoms with E-state index < -0.39 is 0 Å². The highest BCUT2D eigenvalue weighted by Gasteiger charge is 2.26. The van der Waals surface area contributed by atoms with Crippen molar-refractivity contribution in [1.82, 2.24) is 9.88 Å². The summed E-state index contributed by atoms with van der Waals surface area (Å²) in [5.41, 5.74) is 3.85. The van der Waals surface area contributed by atoms with Crippen LogP contribution in [0.4, 0.5) is 0 Å². The molecule has 1 aliphatic heterocycles. The second-order valence-corrected chi connectivity index (χ2v) is 7.12. The summed E-state index contributed by atoms with van der Waals surface area (Å²) >= 11 is 0. The highest BCUT2D eigenvalue weighted by molar-refractivity contribution is 5.31. The summed E-state index contributed by atoms with van der Waals surface area (Å²) < 4.78 is 5.56. The van der Waals surface area contributed by atoms with Gasteiger partial charge in [-0.1, -0.05) is 26.8 Å². The Morgan fingerprint density at radius 2 is 2.00 bits per heavy atom. The number of hydrogen-bond acceptors (Lipinski definition) is 3. The minimum absolute atomic E-state index is 0.0888. The summed E-state index contributed by atoms with van der Waals surface area (Å²) in [6.07, 6.45) is 1.11. The van der Waals surface area contributed by atoms with Crippen LogP contribution < -0.4 is 0 Å². The quantitative estimate of drug-likeness (QED) is 0.845. The third-order valence-corrected chi connectivity index (χ3v) is 4.27. The first kappa shape index (κ1) is 15.5. The number of hydrogen-bond donors (Lipinski definition) is 0. The van der Waals surface area contributed by atoms with Gasteiger partial charge in [0, 0.05) is 29.7 Å². The minimum atomic E-state index is 0.0888. The van der Waals surface area contributed by atoms with Crippen LogP contribution in [-0.2, 0) is 10.2 Å². The van der Waals surface area contributed by atoms with Crippen molar-refractivity contribution in [1.29, 1.82) is 0 Å². The number of aromatic nitrogens is 1. The molecule has 1 aliphatic rings. The molecule has 0 amide bonds. The van der Waals surface area contributed by atoms with Crippen LogP contribution in [0.1, 0.15) is 63.0 Å². The van der Waals surface area contributed by atoms with Crippen molar-refractivity contribution in [3.63, 3.8) is 0 Å². The fraction of sp³-hybridized carbons (Fsp3) is 0.706. The van der Waals surface area contributed by atoms with Crippen molar-refractivity contribution < 1.29 is 4.74 Å². The molecule has 112 valence electrons. The molecule has 0 unspecified atom stereocenters. The highest BCUT2D eigenvalue weighted by atomic mass is 16.5. The number of pyridine rings is 1. The maximum atomic E-state index is 5.56. The first-order valence-electron chi connectivity index (χ1n) is 7.56. The summed E-state index contributed by atoms with van der Waals surface area (Å²) in [6, 6.07) is 4.80. The predicted molar refractivity (Wildman–Crippen MR) is 83.2 cm³/mol. The molecule has 3 nitrogen and oxygen atoms in total. The van der Waals surface area contributed by atoms with E-state index in [1.54, 1.807) is 0 Å². The summed E-state index contributed by atoms with van der Waals surface area (Å²) in [5.74, 6) is 0.508. The molecule has 0 N–H and O–H groups in total. The molecule has 2 atom stereocenters. The highest BCUT2D eigenvalue weighted by Crippen LogP contribution is 2.33. The van der Waals surface area contributed by atoms with Gasteiger partial charge in [-0.15, -0.1) is 0 Å². The van der Waals surface area contributed by atoms with Crippen LogP contribution in [0.15, 0.2) is 12.1 Å². The second kappa shape index (κ2) is 5.82. The standard InChI is InChI=1S/C17H28N2O/c1-12(19(5)6)16-14(13-9-10-20-11-13)7-8-15(18-16)17(2,3)4/h7-8,12-13H,9-11H2,1-6H3/t12-,13+/m1/s1. The van der Waals surface area contributed by atoms with Gasteiger partial charge in [-0.2, -0.15) is 0 Å². The Bertz CT molecular complexity index is 457. The lowest BCUT2D eigenvalue weighted by Crippen LogP contribution is -2.23. The van der Waals surface area contributed by atoms with Gasteiger partial charge in [0.05, 0.1) is 12.3 Å². The zero-order valence-electron chi connectivity index (χ0n) is 13.7. The third kappa shape index (κ3) is 3.21. The van der Waals surface area contributed by atoms with Crippen molar-refractivity contribution in [2.75, 3.05) is 27.3 Å². The van der Waals surface area contributed by atoms with Gasteiger partial charge in [-0.25, -0.2) is 0 Å². The molecule has 1 fully saturated rings. The summed E-state index contributed by atoms with van der Waals surface area (Å²) in [4.78, 5) is 7.24. The van der Waals surface area contributed by atoms with E-state index >= 15 is 0 Å². The van der Waals surface area contributed by atoms with Crippen LogP contribution in [0.5, 0.6) is 0 Å². The summed E-state index contributed by atoms with van der Waals surface area (Å²) in [7, 11) is 4.23. The van der Waals surface area contributed by atoms with Crippen LogP contribution in [0.2, 0.25) is 0 Å². The Kier molecular flexibility index (Phi) is 4.50. The Labute approximate surface area is 123 Å². The average molecular weight is 276 g/mol. The van der Waals surface area contributed by atoms with Gasteiger partial charge in [-0.3, -0.25) is 4.98 Å². The molecule has 3 heteroatoms. The summed E-state index contributed by atoms with van der Waals surface area (Å²) in [6.45, 7) is 10.6. The predicted octanol–water partition coefficient (Wildman–Crippen LogP) is 3.51. The normalized spacial score (nSPS) is 21.4. The molecule has 2 heterocycles. The fourth-order valence-corrected chi connectivity index (χ4v) is 2.61. The number of rotatable bonds is 3. The fourth-order valence-electron chi connectivity index (χ4n) is 2.61. The molecular formula is C17H28N2O. The molecular weight excluding hydrogens is 248 g/mol. The zero-order chi connectivity index (χ0) is 14.9. The Balaban J connectivity index is 2.45. The lowest BCUT2D eigenvalue weighted by Gasteiger charge is -2.27. The van der Waals surface area contributed by atoms with Crippen molar-refractivity contribution in [3.05, 3.63) is 29.1 Å². The van der Waals surface area contributed by atoms with Crippen LogP contribution in [0.3, 0.4) is 0 Å². The minimum Gasteiger partial charge on any atom is -0.381 e. The third-order valence-electron chi connectivity index (χ3n) is 4.27. The van der Waals surface area contributed by atoms with Gasteiger partial charge in [0.15, 0.2) is 0 Å². The van der Waals surface area contributed by atoms with Gasteiger partial charge >= 0.3 is 0 Å². The molecule has 0 radical (unpaired) electrons. The first-order chi connectivity index (χ1) is 9.30. The lowest BCUT2D eigenvalue weighted by atomic mass is 9.88. The Morgan fingerprint density at radius 1 is 1.30 bits per heavy atom. The van der Waals surface area contributed by atoms with Crippen LogP contribution in [0, 0.1) is 0 Å². The lowest BCUT2D eigenvalue weighted by molar-refractivity contribution is 0.193. The molecule has 1 aromatic heterocycles. The monoisotopic (exact) mass is 276 g/mol. The van der Waals surface area contributed by atoms with E-state index in [0.717, 1.165) is 19.6 Å². The molecule has 0 aromatic carbocycles. The van der Waals surface area contributed by atoms with E-state index in [0.29, 0.717) is 12.0 Å². The SMILES string of the molecule is C[C@H](c1nc(C(C)(C)C)ccc1[C@H]1CCOC1)N(C)C. The average Bonchev–Trinajstić information content (AvgIpc) is 2.89. The first-order valence-corrected chi connectivity index (χ1v) is 7.56. The zero-order valence-corrected chi connectivity index (χ0v) is 13.7. The maximum Gasteiger partial charge on any atom is 0.0611 e. The van der Waals surface area contributed by atoms with Crippen molar-refractivity contribution in [3.8, 4) is 0 Å². The largest absolute Gasteiger partial charge is 0.381 e. The van der Waals surface area contributed by atoms with E-state index in [1.165, 1.54) is 17.0 Å². The number of nitrogens with zero attached hydrogens (tertiary/aromatic N) is 2. The topological polar surface area (TPSA) is 25.4 Å². The summed E-state index contributed by atoms with van der Waals surface area (Å²) in [5, 5.41) is 0. The maximum absolute atomic E-state index is 5.56. The van der Waals surface area contributed by atoms with Crippen molar-refractivity contribution in [2.24, 2.45) is 0 Å². The van der Waals surface area contributed by atoms with Gasteiger partial charge in [0.25, 0.3) is 0 Å². The molecule has 0 aliphatic carbocycles. The van der Waals surface area contributed by atoms with E-state index in [9.17, 15) is 0 Å². The molecule has 0 spiro atoms. The van der Waals surface area contributed by atoms with E-state index in [1.807, 2.05) is 0 Å². The Hall–Kier alpha value is -0.930. The molecule has 0 bridgehead atoms. The van der Waals surface area contributed by atoms with E-state index in [-0.39, 0.29) is 5.41 Å². The van der Waals surface area contributed by atoms with Crippen LogP contribution in [0.25, 0.3) is 0 Å². The van der Waals surface area contributed by atoms with Crippen LogP contribution >= 0.6 is 0 Å². The number of ether oxygens (including phenoxy) is 1. The van der Waals surface area contributed by atoms with Gasteiger partial charge < -0.3 is 9.64 Å². The van der Waals surface area contributed by atoms with E-state index in [4.69, 9.17) is 9.72 Å². The molecule has 1 aromatic rings. The second-order valence-electron chi connectivity index (χ2n) is 7.12. The van der Waals surface area contributed by atoms with Crippen LogP contribution in [-0.4, -0.2) is 37.2 Å². The Morgan fingerprint density at radius 3 is 2.50 bits per heavy atom. The molecule has 1 saturated heterocycles. The van der Waals surface area contributed by atoms with Gasteiger partial charge in [0.2, 0.25) is 0 Å². The molecule has 0 saturated carbocycles. The smallest absolute Gasteiger partial charge is 0.0611 e. The van der Waals surface area contributed by atoms with Gasteiger partial charge in [0.1, 0.15) is 0 Å². The van der Waals surface area contributed by atoms with E-state index in [2.05, 4.69) is 58.8 Å². The molecule has 2 rings (SSSR count). The van der Waals surface area contributed by atoms with Gasteiger partial charge in [-0.05, 0) is 39.1 Å².